The number of nitro groups is 1. The summed E-state index contributed by atoms with van der Waals surface area (Å²) < 4.78 is 4.93. The lowest BCUT2D eigenvalue weighted by Crippen LogP contribution is -2.34. The van der Waals surface area contributed by atoms with Crippen molar-refractivity contribution in [3.05, 3.63) is 28.3 Å². The van der Waals surface area contributed by atoms with Crippen LogP contribution in [0.25, 0.3) is 0 Å². The van der Waals surface area contributed by atoms with Crippen LogP contribution in [0.2, 0.25) is 0 Å². The molecule has 0 aliphatic rings. The molecule has 0 bridgehead atoms. The summed E-state index contributed by atoms with van der Waals surface area (Å²) in [6, 6.07) is 4.64. The van der Waals surface area contributed by atoms with Gasteiger partial charge in [0.1, 0.15) is 0 Å². The third kappa shape index (κ3) is 5.02. The van der Waals surface area contributed by atoms with Gasteiger partial charge in [-0.25, -0.2) is 0 Å². The summed E-state index contributed by atoms with van der Waals surface area (Å²) in [4.78, 5) is 10.4. The smallest absolute Gasteiger partial charge is 0.273 e. The quantitative estimate of drug-likeness (QED) is 0.497. The fourth-order valence-corrected chi connectivity index (χ4v) is 1.67. The average molecular weight is 283 g/mol. The maximum Gasteiger partial charge on any atom is 0.273 e. The zero-order valence-corrected chi connectivity index (χ0v) is 12.0. The summed E-state index contributed by atoms with van der Waals surface area (Å²) in [5.74, 6) is 0. The summed E-state index contributed by atoms with van der Waals surface area (Å²) in [5.41, 5.74) is 0.274. The second-order valence-electron chi connectivity index (χ2n) is 4.87. The van der Waals surface area contributed by atoms with Gasteiger partial charge >= 0.3 is 0 Å². The summed E-state index contributed by atoms with van der Waals surface area (Å²) in [6.45, 7) is 2.42. The van der Waals surface area contributed by atoms with Gasteiger partial charge in [-0.15, -0.1) is 0 Å². The number of aliphatic hydroxyl groups is 1. The fraction of sp³-hybridized carbons (Fsp3) is 0.538. The molecule has 0 aromatic heterocycles. The maximum absolute atomic E-state index is 10.8. The van der Waals surface area contributed by atoms with E-state index in [1.807, 2.05) is 0 Å². The van der Waals surface area contributed by atoms with Gasteiger partial charge in [-0.2, -0.15) is 0 Å². The van der Waals surface area contributed by atoms with Gasteiger partial charge in [0, 0.05) is 57.2 Å². The Morgan fingerprint density at radius 3 is 2.60 bits per heavy atom. The lowest BCUT2D eigenvalue weighted by atomic mass is 10.0. The lowest BCUT2D eigenvalue weighted by molar-refractivity contribution is -0.384. The summed E-state index contributed by atoms with van der Waals surface area (Å²) in [7, 11) is 3.26. The van der Waals surface area contributed by atoms with Gasteiger partial charge in [0.05, 0.1) is 10.5 Å². The molecule has 7 heteroatoms. The topological polar surface area (TPSA) is 96.7 Å². The van der Waals surface area contributed by atoms with E-state index in [1.54, 1.807) is 27.1 Å². The predicted octanol–water partition coefficient (Wildman–Crippen LogP) is 1.84. The highest BCUT2D eigenvalue weighted by Crippen LogP contribution is 2.24. The summed E-state index contributed by atoms with van der Waals surface area (Å²) in [6.07, 6.45) is 0.476. The van der Waals surface area contributed by atoms with Gasteiger partial charge < -0.3 is 20.5 Å². The van der Waals surface area contributed by atoms with Crippen molar-refractivity contribution in [2.45, 2.75) is 18.9 Å². The van der Waals surface area contributed by atoms with Crippen LogP contribution in [-0.4, -0.2) is 42.9 Å². The number of rotatable bonds is 8. The Morgan fingerprint density at radius 1 is 1.40 bits per heavy atom. The van der Waals surface area contributed by atoms with Gasteiger partial charge in [0.15, 0.2) is 0 Å². The van der Waals surface area contributed by atoms with Crippen LogP contribution in [0.15, 0.2) is 18.2 Å². The second-order valence-corrected chi connectivity index (χ2v) is 4.87. The molecule has 0 fully saturated rings. The number of nitrogens with one attached hydrogen (secondary N) is 2. The molecule has 0 aliphatic heterocycles. The number of nitrogens with zero attached hydrogens (tertiary/aromatic N) is 1. The van der Waals surface area contributed by atoms with Crippen LogP contribution >= 0.6 is 0 Å². The molecular formula is C13H21N3O4. The molecule has 0 aliphatic carbocycles. The highest BCUT2D eigenvalue weighted by atomic mass is 16.6. The van der Waals surface area contributed by atoms with Crippen LogP contribution < -0.4 is 10.6 Å². The van der Waals surface area contributed by atoms with E-state index >= 15 is 0 Å². The molecule has 0 amide bonds. The number of non-ortho nitro benzene ring substituents is 1. The number of methoxy groups -OCH3 is 1. The molecular weight excluding hydrogens is 262 g/mol. The van der Waals surface area contributed by atoms with E-state index in [2.05, 4.69) is 10.6 Å². The first kappa shape index (κ1) is 16.2. The fourth-order valence-electron chi connectivity index (χ4n) is 1.67. The van der Waals surface area contributed by atoms with E-state index < -0.39 is 10.5 Å². The molecule has 1 aromatic carbocycles. The monoisotopic (exact) mass is 283 g/mol. The molecule has 112 valence electrons. The third-order valence-electron chi connectivity index (χ3n) is 2.94. The molecule has 1 atom stereocenters. The van der Waals surface area contributed by atoms with Crippen molar-refractivity contribution in [1.82, 2.24) is 0 Å². The third-order valence-corrected chi connectivity index (χ3v) is 2.94. The molecule has 0 saturated carbocycles. The van der Waals surface area contributed by atoms with Crippen LogP contribution in [0.4, 0.5) is 17.1 Å². The van der Waals surface area contributed by atoms with Crippen LogP contribution in [0.5, 0.6) is 0 Å². The van der Waals surface area contributed by atoms with E-state index in [-0.39, 0.29) is 12.2 Å². The van der Waals surface area contributed by atoms with Crippen molar-refractivity contribution in [3.63, 3.8) is 0 Å². The predicted molar refractivity (Wildman–Crippen MR) is 78.2 cm³/mol. The van der Waals surface area contributed by atoms with E-state index in [9.17, 15) is 15.2 Å². The number of hydrogen-bond donors (Lipinski definition) is 3. The Bertz CT molecular complexity index is 463. The van der Waals surface area contributed by atoms with Crippen LogP contribution in [0.1, 0.15) is 13.3 Å². The minimum Gasteiger partial charge on any atom is -0.388 e. The Labute approximate surface area is 118 Å². The van der Waals surface area contributed by atoms with E-state index in [4.69, 9.17) is 4.74 Å². The van der Waals surface area contributed by atoms with Gasteiger partial charge in [-0.1, -0.05) is 0 Å². The number of nitro benzene ring substituents is 1. The van der Waals surface area contributed by atoms with Gasteiger partial charge in [0.2, 0.25) is 0 Å². The van der Waals surface area contributed by atoms with Gasteiger partial charge in [-0.3, -0.25) is 10.1 Å². The summed E-state index contributed by atoms with van der Waals surface area (Å²) >= 11 is 0. The largest absolute Gasteiger partial charge is 0.388 e. The average Bonchev–Trinajstić information content (AvgIpc) is 2.42. The first-order valence-corrected chi connectivity index (χ1v) is 6.30. The number of benzene rings is 1. The first-order valence-electron chi connectivity index (χ1n) is 6.30. The van der Waals surface area contributed by atoms with Crippen molar-refractivity contribution in [3.8, 4) is 0 Å². The minimum absolute atomic E-state index is 0.00381. The number of ether oxygens (including phenoxy) is 1. The van der Waals surface area contributed by atoms with Crippen LogP contribution in [-0.2, 0) is 4.74 Å². The molecule has 20 heavy (non-hydrogen) atoms. The second kappa shape index (κ2) is 7.06. The molecule has 7 nitrogen and oxygen atoms in total. The minimum atomic E-state index is -0.944. The molecule has 1 unspecified atom stereocenters. The standard InChI is InChI=1S/C13H21N3O4/c1-13(17,4-5-20-3)9-15-11-6-10(14-2)7-12(8-11)16(18)19/h6-8,14-15,17H,4-5,9H2,1-3H3. The van der Waals surface area contributed by atoms with Crippen molar-refractivity contribution < 1.29 is 14.8 Å². The number of anilines is 2. The normalized spacial score (nSPS) is 13.6. The van der Waals surface area contributed by atoms with E-state index in [0.717, 1.165) is 0 Å². The van der Waals surface area contributed by atoms with E-state index in [1.165, 1.54) is 12.1 Å². The lowest BCUT2D eigenvalue weighted by Gasteiger charge is -2.24. The molecule has 3 N–H and O–H groups in total. The molecule has 0 radical (unpaired) electrons. The molecule has 0 heterocycles. The summed E-state index contributed by atoms with van der Waals surface area (Å²) in [5, 5.41) is 26.8. The van der Waals surface area contributed by atoms with Crippen molar-refractivity contribution in [2.75, 3.05) is 37.9 Å². The number of hydrogen-bond acceptors (Lipinski definition) is 6. The Balaban J connectivity index is 2.76. The Kier molecular flexibility index (Phi) is 5.72. The highest BCUT2D eigenvalue weighted by Gasteiger charge is 2.20. The molecule has 1 aromatic rings. The SMILES string of the molecule is CNc1cc(NCC(C)(O)CCOC)cc([N+](=O)[O-])c1. The molecule has 1 rings (SSSR count). The first-order chi connectivity index (χ1) is 9.38. The Morgan fingerprint density at radius 2 is 2.05 bits per heavy atom. The highest BCUT2D eigenvalue weighted by molar-refractivity contribution is 5.63. The van der Waals surface area contributed by atoms with Crippen LogP contribution in [0, 0.1) is 10.1 Å². The van der Waals surface area contributed by atoms with E-state index in [0.29, 0.717) is 24.4 Å². The zero-order valence-electron chi connectivity index (χ0n) is 12.0. The molecule has 0 spiro atoms. The van der Waals surface area contributed by atoms with Crippen molar-refractivity contribution in [1.29, 1.82) is 0 Å². The Hall–Kier alpha value is -1.86. The maximum atomic E-state index is 10.8. The van der Waals surface area contributed by atoms with Gasteiger partial charge in [-0.05, 0) is 13.0 Å². The molecule has 0 saturated heterocycles. The van der Waals surface area contributed by atoms with Crippen molar-refractivity contribution in [2.24, 2.45) is 0 Å². The van der Waals surface area contributed by atoms with Crippen molar-refractivity contribution >= 4 is 17.1 Å². The van der Waals surface area contributed by atoms with Gasteiger partial charge in [0.25, 0.3) is 5.69 Å². The van der Waals surface area contributed by atoms with Crippen LogP contribution in [0.3, 0.4) is 0 Å². The zero-order chi connectivity index (χ0) is 15.2.